The van der Waals surface area contributed by atoms with E-state index < -0.39 is 0 Å². The van der Waals surface area contributed by atoms with Crippen LogP contribution in [0.1, 0.15) is 68.0 Å². The van der Waals surface area contributed by atoms with E-state index in [9.17, 15) is 0 Å². The summed E-state index contributed by atoms with van der Waals surface area (Å²) in [6.45, 7) is 13.7. The number of hydrogen-bond donors (Lipinski definition) is 0. The van der Waals surface area contributed by atoms with Crippen LogP contribution in [0.4, 0.5) is 5.69 Å². The van der Waals surface area contributed by atoms with Gasteiger partial charge in [0.05, 0.1) is 16.9 Å². The van der Waals surface area contributed by atoms with Crippen molar-refractivity contribution in [2.24, 2.45) is 4.99 Å². The fraction of sp³-hybridized carbons (Fsp3) is 0.0976. The molecule has 0 spiro atoms. The monoisotopic (exact) mass is 1110 g/mol. The fourth-order valence-corrected chi connectivity index (χ4v) is 14.7. The average molecular weight is 1120 g/mol. The van der Waals surface area contributed by atoms with Crippen molar-refractivity contribution in [2.75, 3.05) is 0 Å². The Morgan fingerprint density at radius 2 is 0.839 bits per heavy atom. The highest BCUT2D eigenvalue weighted by molar-refractivity contribution is 6.23. The van der Waals surface area contributed by atoms with Crippen LogP contribution in [-0.4, -0.2) is 20.7 Å². The Hall–Kier alpha value is -10.6. The lowest BCUT2D eigenvalue weighted by molar-refractivity contribution is 0.623. The highest BCUT2D eigenvalue weighted by atomic mass is 16.3. The zero-order valence-corrected chi connectivity index (χ0v) is 49.3. The maximum Gasteiger partial charge on any atom is 0.227 e. The number of aliphatic imine (C=N–C) groups is 1. The van der Waals surface area contributed by atoms with E-state index in [-0.39, 0.29) is 10.8 Å². The summed E-state index contributed by atoms with van der Waals surface area (Å²) < 4.78 is 6.79. The van der Waals surface area contributed by atoms with Crippen LogP contribution in [0, 0.1) is 6.92 Å². The molecule has 2 heterocycles. The van der Waals surface area contributed by atoms with Crippen LogP contribution < -0.4 is 0 Å². The minimum atomic E-state index is -0.207. The Balaban J connectivity index is 0.863. The molecule has 0 amide bonds. The van der Waals surface area contributed by atoms with Gasteiger partial charge in [0.2, 0.25) is 5.89 Å². The quantitative estimate of drug-likeness (QED) is 0.118. The van der Waals surface area contributed by atoms with Gasteiger partial charge in [-0.05, 0) is 150 Å². The van der Waals surface area contributed by atoms with Gasteiger partial charge in [-0.2, -0.15) is 0 Å². The predicted octanol–water partition coefficient (Wildman–Crippen LogP) is 21.8. The van der Waals surface area contributed by atoms with Crippen molar-refractivity contribution in [1.29, 1.82) is 0 Å². The lowest BCUT2D eigenvalue weighted by atomic mass is 9.81. The molecule has 2 aliphatic rings. The summed E-state index contributed by atoms with van der Waals surface area (Å²) in [5, 5.41) is 10.2. The van der Waals surface area contributed by atoms with E-state index in [1.807, 2.05) is 0 Å². The third-order valence-corrected chi connectivity index (χ3v) is 19.3. The van der Waals surface area contributed by atoms with Crippen molar-refractivity contribution >= 4 is 76.5 Å². The van der Waals surface area contributed by atoms with Gasteiger partial charge in [0.15, 0.2) is 11.4 Å². The Morgan fingerprint density at radius 1 is 0.356 bits per heavy atom. The van der Waals surface area contributed by atoms with Gasteiger partial charge in [-0.25, -0.2) is 15.0 Å². The van der Waals surface area contributed by atoms with E-state index in [0.29, 0.717) is 11.7 Å². The van der Waals surface area contributed by atoms with Crippen molar-refractivity contribution in [3.8, 4) is 78.6 Å². The average Bonchev–Trinajstić information content (AvgIpc) is 2.46. The van der Waals surface area contributed by atoms with Crippen LogP contribution in [0.15, 0.2) is 252 Å². The molecule has 0 saturated heterocycles. The Labute approximate surface area is 505 Å². The molecule has 0 aliphatic heterocycles. The number of aromatic nitrogens is 3. The fourth-order valence-electron chi connectivity index (χ4n) is 14.7. The van der Waals surface area contributed by atoms with Crippen molar-refractivity contribution in [1.82, 2.24) is 15.0 Å². The molecule has 0 bridgehead atoms. The van der Waals surface area contributed by atoms with Crippen LogP contribution in [0.25, 0.3) is 144 Å². The lowest BCUT2D eigenvalue weighted by Gasteiger charge is -2.23. The molecule has 5 heteroatoms. The first-order valence-electron chi connectivity index (χ1n) is 30.2. The van der Waals surface area contributed by atoms with Crippen molar-refractivity contribution in [3.05, 3.63) is 276 Å². The first-order valence-corrected chi connectivity index (χ1v) is 30.2. The Morgan fingerprint density at radius 3 is 1.49 bits per heavy atom. The topological polar surface area (TPSA) is 64.2 Å². The third kappa shape index (κ3) is 7.71. The standard InChI is InChI=1S/C82H58N4O/c1-47-56-19-7-8-20-57(56)58-21-9-12-26-65(58)74(47)83-48(2)49-31-35-51(36-32-49)79-84-75(50-33-37-52(38-34-50)80-86-77-66-27-13-10-22-59(66)60-23-11-14-28-67(60)78(77)87-80)69-44-55(53-39-41-63-61-24-15-17-29-70(61)81(3,4)72(63)45-53)43-68(76(69)85-79)54-40-42-64-62-25-16-18-30-71(62)82(5,6)73(64)46-54/h7-46H,1-6H3. The number of aryl methyl sites for hydroxylation is 1. The molecule has 13 aromatic carbocycles. The highest BCUT2D eigenvalue weighted by Crippen LogP contribution is 2.53. The summed E-state index contributed by atoms with van der Waals surface area (Å²) in [5.74, 6) is 1.21. The summed E-state index contributed by atoms with van der Waals surface area (Å²) >= 11 is 0. The number of fused-ring (bicyclic) bond motifs is 16. The van der Waals surface area contributed by atoms with E-state index in [1.54, 1.807) is 0 Å². The second kappa shape index (κ2) is 18.9. The normalized spacial score (nSPS) is 13.9. The van der Waals surface area contributed by atoms with E-state index >= 15 is 0 Å². The molecule has 15 aromatic rings. The zero-order chi connectivity index (χ0) is 58.4. The van der Waals surface area contributed by atoms with Gasteiger partial charge in [0.1, 0.15) is 5.52 Å². The minimum Gasteiger partial charge on any atom is -0.435 e. The molecule has 0 atom stereocenters. The minimum absolute atomic E-state index is 0.175. The van der Waals surface area contributed by atoms with Crippen molar-refractivity contribution in [2.45, 2.75) is 52.4 Å². The number of oxazole rings is 1. The van der Waals surface area contributed by atoms with Gasteiger partial charge in [0, 0.05) is 60.3 Å². The van der Waals surface area contributed by atoms with Crippen molar-refractivity contribution in [3.63, 3.8) is 0 Å². The van der Waals surface area contributed by atoms with Gasteiger partial charge in [-0.1, -0.05) is 234 Å². The predicted molar refractivity (Wildman–Crippen MR) is 362 cm³/mol. The summed E-state index contributed by atoms with van der Waals surface area (Å²) in [7, 11) is 0. The van der Waals surface area contributed by atoms with Gasteiger partial charge >= 0.3 is 0 Å². The van der Waals surface area contributed by atoms with Gasteiger partial charge in [0.25, 0.3) is 0 Å². The SMILES string of the molecule is CC(=Nc1c(C)c2ccccc2c2ccccc12)c1ccc(-c2nc(-c3ccc(-c4nc5c6ccccc6c6ccccc6c5o4)cc3)c3cc(-c4ccc5c(c4)C(C)(C)c4ccccc4-5)cc(-c4ccc5c(c4)C(C)(C)c4ccccc4-5)c3n2)cc1. The lowest BCUT2D eigenvalue weighted by Crippen LogP contribution is -2.15. The summed E-state index contributed by atoms with van der Waals surface area (Å²) in [4.78, 5) is 22.0. The molecule has 2 aromatic heterocycles. The van der Waals surface area contributed by atoms with E-state index in [0.717, 1.165) is 111 Å². The molecule has 87 heavy (non-hydrogen) atoms. The smallest absolute Gasteiger partial charge is 0.227 e. The molecule has 412 valence electrons. The summed E-state index contributed by atoms with van der Waals surface area (Å²) in [6.07, 6.45) is 0. The molecule has 2 aliphatic carbocycles. The number of nitrogens with zero attached hydrogens (tertiary/aromatic N) is 4. The van der Waals surface area contributed by atoms with E-state index in [2.05, 4.69) is 284 Å². The molecular formula is C82H58N4O. The van der Waals surface area contributed by atoms with E-state index in [1.165, 1.54) is 66.2 Å². The molecule has 0 saturated carbocycles. The summed E-state index contributed by atoms with van der Waals surface area (Å²) in [5.41, 5.74) is 24.8. The first-order chi connectivity index (χ1) is 42.5. The Kier molecular flexibility index (Phi) is 11.1. The maximum absolute atomic E-state index is 6.79. The second-order valence-electron chi connectivity index (χ2n) is 24.9. The Bertz CT molecular complexity index is 5400. The number of hydrogen-bond acceptors (Lipinski definition) is 5. The van der Waals surface area contributed by atoms with Crippen molar-refractivity contribution < 1.29 is 4.42 Å². The van der Waals surface area contributed by atoms with Crippen LogP contribution in [0.2, 0.25) is 0 Å². The van der Waals surface area contributed by atoms with Gasteiger partial charge < -0.3 is 4.42 Å². The largest absolute Gasteiger partial charge is 0.435 e. The first kappa shape index (κ1) is 50.9. The van der Waals surface area contributed by atoms with Gasteiger partial charge in [-0.15, -0.1) is 0 Å². The molecule has 0 N–H and O–H groups in total. The molecule has 5 nitrogen and oxygen atoms in total. The maximum atomic E-state index is 6.79. The zero-order valence-electron chi connectivity index (χ0n) is 49.3. The second-order valence-corrected chi connectivity index (χ2v) is 24.9. The summed E-state index contributed by atoms with van der Waals surface area (Å²) in [6, 6.07) is 88.0. The third-order valence-electron chi connectivity index (χ3n) is 19.3. The van der Waals surface area contributed by atoms with Crippen LogP contribution >= 0.6 is 0 Å². The molecule has 17 rings (SSSR count). The van der Waals surface area contributed by atoms with Crippen LogP contribution in [-0.2, 0) is 10.8 Å². The number of benzene rings is 13. The molecular weight excluding hydrogens is 1060 g/mol. The van der Waals surface area contributed by atoms with Crippen LogP contribution in [0.3, 0.4) is 0 Å². The van der Waals surface area contributed by atoms with Gasteiger partial charge in [-0.3, -0.25) is 4.99 Å². The highest BCUT2D eigenvalue weighted by Gasteiger charge is 2.37. The molecule has 0 radical (unpaired) electrons. The van der Waals surface area contributed by atoms with Crippen LogP contribution in [0.5, 0.6) is 0 Å². The number of rotatable bonds is 7. The van der Waals surface area contributed by atoms with E-state index in [4.69, 9.17) is 24.4 Å². The molecule has 0 unspecified atom stereocenters. The molecule has 0 fully saturated rings.